The van der Waals surface area contributed by atoms with E-state index in [9.17, 15) is 18.4 Å². The molecule has 196 valence electrons. The number of aromatic amines is 1. The fraction of sp³-hybridized carbons (Fsp3) is 0.0714. The SMILES string of the molecule is CC(=O)N=C(N)c1ccc(-c2cnc3[nH]cc(C(=O)c4c(F)ccc(NCc5cccc(F)c5)c4F)c3c2)s1. The Morgan fingerprint density at radius 1 is 1.10 bits per heavy atom. The number of fused-ring (bicyclic) bond motifs is 1. The minimum Gasteiger partial charge on any atom is -0.382 e. The van der Waals surface area contributed by atoms with Gasteiger partial charge in [0, 0.05) is 47.3 Å². The van der Waals surface area contributed by atoms with Crippen molar-refractivity contribution in [2.45, 2.75) is 13.5 Å². The molecule has 3 heterocycles. The second-order valence-electron chi connectivity index (χ2n) is 8.60. The molecule has 0 aliphatic carbocycles. The van der Waals surface area contributed by atoms with Gasteiger partial charge in [-0.15, -0.1) is 11.3 Å². The molecule has 0 aliphatic heterocycles. The van der Waals surface area contributed by atoms with Crippen LogP contribution in [0, 0.1) is 17.5 Å². The molecule has 0 saturated heterocycles. The van der Waals surface area contributed by atoms with Crippen LogP contribution in [-0.2, 0) is 11.3 Å². The van der Waals surface area contributed by atoms with E-state index in [1.54, 1.807) is 30.5 Å². The van der Waals surface area contributed by atoms with E-state index in [4.69, 9.17) is 5.73 Å². The number of nitrogens with one attached hydrogen (secondary N) is 2. The summed E-state index contributed by atoms with van der Waals surface area (Å²) in [5.74, 6) is -3.72. The Labute approximate surface area is 224 Å². The first-order valence-corrected chi connectivity index (χ1v) is 12.5. The first-order chi connectivity index (χ1) is 18.7. The average molecular weight is 548 g/mol. The number of rotatable bonds is 7. The third kappa shape index (κ3) is 5.30. The van der Waals surface area contributed by atoms with Gasteiger partial charge in [0.05, 0.1) is 16.1 Å². The number of H-pyrrole nitrogens is 1. The second-order valence-corrected chi connectivity index (χ2v) is 9.68. The number of amidine groups is 1. The zero-order chi connectivity index (χ0) is 27.7. The van der Waals surface area contributed by atoms with Gasteiger partial charge in [0.2, 0.25) is 11.7 Å². The van der Waals surface area contributed by atoms with Crippen molar-refractivity contribution in [3.8, 4) is 10.4 Å². The van der Waals surface area contributed by atoms with Crippen LogP contribution in [0.5, 0.6) is 0 Å². The van der Waals surface area contributed by atoms with Crippen LogP contribution in [-0.4, -0.2) is 27.5 Å². The summed E-state index contributed by atoms with van der Waals surface area (Å²) in [4.78, 5) is 36.9. The number of aromatic nitrogens is 2. The van der Waals surface area contributed by atoms with E-state index >= 15 is 4.39 Å². The van der Waals surface area contributed by atoms with Crippen LogP contribution in [0.15, 0.2) is 72.0 Å². The second kappa shape index (κ2) is 10.5. The number of ketones is 1. The Hall–Kier alpha value is -4.77. The highest BCUT2D eigenvalue weighted by Gasteiger charge is 2.25. The number of amides is 1. The van der Waals surface area contributed by atoms with Crippen LogP contribution in [0.4, 0.5) is 18.9 Å². The number of aliphatic imine (C=N–C) groups is 1. The Morgan fingerprint density at radius 3 is 2.69 bits per heavy atom. The maximum atomic E-state index is 15.4. The molecular formula is C28H20F3N5O2S. The van der Waals surface area contributed by atoms with Crippen LogP contribution >= 0.6 is 11.3 Å². The van der Waals surface area contributed by atoms with E-state index in [1.807, 2.05) is 0 Å². The number of thiophene rings is 1. The molecule has 2 aromatic carbocycles. The highest BCUT2D eigenvalue weighted by atomic mass is 32.1. The van der Waals surface area contributed by atoms with Crippen LogP contribution in [0.3, 0.4) is 0 Å². The normalized spacial score (nSPS) is 11.6. The minimum atomic E-state index is -1.06. The maximum absolute atomic E-state index is 15.4. The van der Waals surface area contributed by atoms with Gasteiger partial charge in [0.25, 0.3) is 0 Å². The topological polar surface area (TPSA) is 113 Å². The molecule has 0 aliphatic rings. The molecule has 7 nitrogen and oxygen atoms in total. The molecule has 0 spiro atoms. The number of halogens is 3. The van der Waals surface area contributed by atoms with Crippen LogP contribution in [0.1, 0.15) is 33.3 Å². The number of anilines is 1. The van der Waals surface area contributed by atoms with Crippen molar-refractivity contribution >= 4 is 45.6 Å². The van der Waals surface area contributed by atoms with Crippen molar-refractivity contribution in [1.82, 2.24) is 9.97 Å². The summed E-state index contributed by atoms with van der Waals surface area (Å²) in [6.07, 6.45) is 2.94. The van der Waals surface area contributed by atoms with E-state index in [1.165, 1.54) is 48.7 Å². The molecule has 11 heteroatoms. The van der Waals surface area contributed by atoms with Crippen molar-refractivity contribution in [1.29, 1.82) is 0 Å². The highest BCUT2D eigenvalue weighted by Crippen LogP contribution is 2.32. The monoisotopic (exact) mass is 547 g/mol. The standard InChI is InChI=1S/C28H20F3N5O2S/c1-14(37)36-27(32)23-8-7-22(39-23)16-10-18-19(13-35-28(18)34-12-16)26(38)24-20(30)5-6-21(25(24)31)33-11-15-3-2-4-17(29)9-15/h2-10,12-13,33H,11H2,1H3,(H,34,35)(H2,32,36,37). The fourth-order valence-corrected chi connectivity index (χ4v) is 4.95. The van der Waals surface area contributed by atoms with Gasteiger partial charge >= 0.3 is 0 Å². The number of hydrogen-bond donors (Lipinski definition) is 3. The Balaban J connectivity index is 1.47. The zero-order valence-electron chi connectivity index (χ0n) is 20.4. The molecule has 4 N–H and O–H groups in total. The zero-order valence-corrected chi connectivity index (χ0v) is 21.2. The Kier molecular flexibility index (Phi) is 6.99. The van der Waals surface area contributed by atoms with Gasteiger partial charge in [-0.1, -0.05) is 12.1 Å². The van der Waals surface area contributed by atoms with Gasteiger partial charge in [-0.25, -0.2) is 18.2 Å². The average Bonchev–Trinajstić information content (AvgIpc) is 3.55. The lowest BCUT2D eigenvalue weighted by molar-refractivity contribution is -0.115. The minimum absolute atomic E-state index is 0.0360. The van der Waals surface area contributed by atoms with Gasteiger partial charge in [-0.2, -0.15) is 4.99 Å². The van der Waals surface area contributed by atoms with Gasteiger partial charge in [-0.3, -0.25) is 9.59 Å². The van der Waals surface area contributed by atoms with E-state index < -0.39 is 34.7 Å². The number of carbonyl (C=O) groups excluding carboxylic acids is 2. The van der Waals surface area contributed by atoms with Gasteiger partial charge in [-0.05, 0) is 48.0 Å². The number of benzene rings is 2. The number of nitrogens with zero attached hydrogens (tertiary/aromatic N) is 2. The number of pyridine rings is 1. The van der Waals surface area contributed by atoms with Crippen LogP contribution in [0.25, 0.3) is 21.5 Å². The van der Waals surface area contributed by atoms with Crippen LogP contribution in [0.2, 0.25) is 0 Å². The van der Waals surface area contributed by atoms with Gasteiger partial charge in [0.15, 0.2) is 5.82 Å². The van der Waals surface area contributed by atoms with E-state index in [0.29, 0.717) is 27.0 Å². The van der Waals surface area contributed by atoms with Gasteiger partial charge < -0.3 is 16.0 Å². The van der Waals surface area contributed by atoms with Crippen molar-refractivity contribution in [3.63, 3.8) is 0 Å². The molecule has 0 unspecified atom stereocenters. The van der Waals surface area contributed by atoms with Crippen LogP contribution < -0.4 is 11.1 Å². The molecule has 0 bridgehead atoms. The summed E-state index contributed by atoms with van der Waals surface area (Å²) in [7, 11) is 0. The number of hydrogen-bond acceptors (Lipinski definition) is 5. The molecule has 0 saturated carbocycles. The lowest BCUT2D eigenvalue weighted by Gasteiger charge is -2.11. The molecule has 0 radical (unpaired) electrons. The maximum Gasteiger partial charge on any atom is 0.244 e. The third-order valence-corrected chi connectivity index (χ3v) is 7.04. The lowest BCUT2D eigenvalue weighted by atomic mass is 10.0. The molecule has 1 amide bonds. The number of nitrogens with two attached hydrogens (primary N) is 1. The molecule has 39 heavy (non-hydrogen) atoms. The molecule has 5 rings (SSSR count). The van der Waals surface area contributed by atoms with Crippen molar-refractivity contribution in [3.05, 3.63) is 106 Å². The summed E-state index contributed by atoms with van der Waals surface area (Å²) in [5, 5.41) is 3.16. The van der Waals surface area contributed by atoms with Gasteiger partial charge in [0.1, 0.15) is 23.1 Å². The smallest absolute Gasteiger partial charge is 0.244 e. The van der Waals surface area contributed by atoms with E-state index in [0.717, 1.165) is 10.9 Å². The van der Waals surface area contributed by atoms with Crippen molar-refractivity contribution in [2.24, 2.45) is 10.7 Å². The van der Waals surface area contributed by atoms with Crippen molar-refractivity contribution in [2.75, 3.05) is 5.32 Å². The Bertz CT molecular complexity index is 1780. The third-order valence-electron chi connectivity index (χ3n) is 5.89. The Morgan fingerprint density at radius 2 is 1.92 bits per heavy atom. The predicted molar refractivity (Wildman–Crippen MR) is 144 cm³/mol. The molecular weight excluding hydrogens is 527 g/mol. The lowest BCUT2D eigenvalue weighted by Crippen LogP contribution is -2.13. The van der Waals surface area contributed by atoms with E-state index in [-0.39, 0.29) is 23.6 Å². The van der Waals surface area contributed by atoms with Crippen molar-refractivity contribution < 1.29 is 22.8 Å². The fourth-order valence-electron chi connectivity index (χ4n) is 4.06. The molecule has 0 atom stereocenters. The summed E-state index contributed by atoms with van der Waals surface area (Å²) in [6.45, 7) is 1.37. The summed E-state index contributed by atoms with van der Waals surface area (Å²) in [5.41, 5.74) is 6.63. The highest BCUT2D eigenvalue weighted by molar-refractivity contribution is 7.17. The first-order valence-electron chi connectivity index (χ1n) is 11.6. The molecule has 3 aromatic heterocycles. The predicted octanol–water partition coefficient (Wildman–Crippen LogP) is 5.80. The summed E-state index contributed by atoms with van der Waals surface area (Å²) in [6, 6.07) is 13.1. The molecule has 0 fully saturated rings. The quantitative estimate of drug-likeness (QED) is 0.135. The number of carbonyl (C=O) groups is 2. The largest absolute Gasteiger partial charge is 0.382 e. The van der Waals surface area contributed by atoms with E-state index in [2.05, 4.69) is 20.3 Å². The first kappa shape index (κ1) is 25.9. The molecule has 5 aromatic rings. The summed E-state index contributed by atoms with van der Waals surface area (Å²) < 4.78 is 43.7. The summed E-state index contributed by atoms with van der Waals surface area (Å²) >= 11 is 1.27.